The molecule has 0 aliphatic heterocycles. The molecule has 0 heterocycles. The monoisotopic (exact) mass is 192 g/mol. The Bertz CT molecular complexity index is 455. The second kappa shape index (κ2) is 3.05. The Kier molecular flexibility index (Phi) is 1.99. The molecule has 0 aliphatic rings. The normalized spacial score (nSPS) is 10.9. The summed E-state index contributed by atoms with van der Waals surface area (Å²) in [6.45, 7) is 3.19. The van der Waals surface area contributed by atoms with Gasteiger partial charge < -0.3 is 0 Å². The lowest BCUT2D eigenvalue weighted by atomic mass is 10.00. The predicted octanol–water partition coefficient (Wildman–Crippen LogP) is 3.73. The van der Waals surface area contributed by atoms with E-state index in [9.17, 15) is 8.78 Å². The summed E-state index contributed by atoms with van der Waals surface area (Å²) in [6.07, 6.45) is 0. The van der Waals surface area contributed by atoms with Crippen molar-refractivity contribution in [2.45, 2.75) is 13.8 Å². The van der Waals surface area contributed by atoms with E-state index in [1.165, 1.54) is 0 Å². The first-order valence-electron chi connectivity index (χ1n) is 4.46. The van der Waals surface area contributed by atoms with E-state index in [1.54, 1.807) is 26.0 Å². The van der Waals surface area contributed by atoms with Crippen LogP contribution in [0.15, 0.2) is 24.3 Å². The van der Waals surface area contributed by atoms with Crippen molar-refractivity contribution in [1.82, 2.24) is 0 Å². The molecule has 0 atom stereocenters. The number of hydrogen-bond donors (Lipinski definition) is 0. The maximum atomic E-state index is 13.3. The van der Waals surface area contributed by atoms with Gasteiger partial charge in [0.05, 0.1) is 0 Å². The Morgan fingerprint density at radius 2 is 1.14 bits per heavy atom. The van der Waals surface area contributed by atoms with Crippen LogP contribution in [0.2, 0.25) is 0 Å². The first-order valence-corrected chi connectivity index (χ1v) is 4.46. The summed E-state index contributed by atoms with van der Waals surface area (Å²) < 4.78 is 26.7. The van der Waals surface area contributed by atoms with Gasteiger partial charge in [0.15, 0.2) is 11.6 Å². The van der Waals surface area contributed by atoms with Crippen LogP contribution in [0.1, 0.15) is 11.1 Å². The van der Waals surface area contributed by atoms with Gasteiger partial charge in [-0.15, -0.1) is 0 Å². The Balaban J connectivity index is 3.02. The van der Waals surface area contributed by atoms with Crippen molar-refractivity contribution in [1.29, 1.82) is 0 Å². The van der Waals surface area contributed by atoms with Crippen molar-refractivity contribution in [2.75, 3.05) is 0 Å². The first-order chi connectivity index (χ1) is 6.63. The molecule has 2 rings (SSSR count). The van der Waals surface area contributed by atoms with Crippen LogP contribution in [-0.4, -0.2) is 0 Å². The molecule has 0 aliphatic carbocycles. The highest BCUT2D eigenvalue weighted by Crippen LogP contribution is 2.27. The summed E-state index contributed by atoms with van der Waals surface area (Å²) in [5.41, 5.74) is 0.757. The van der Waals surface area contributed by atoms with E-state index in [0.29, 0.717) is 11.1 Å². The standard InChI is InChI=1S/C12H10F2/c1-7-9-5-3-4-6-10(9)8(2)12(14)11(7)13/h3-6H,1-2H3. The SMILES string of the molecule is Cc1c(F)c(F)c(C)c2ccccc12. The number of hydrogen-bond acceptors (Lipinski definition) is 0. The molecule has 0 N–H and O–H groups in total. The molecule has 0 saturated heterocycles. The van der Waals surface area contributed by atoms with Gasteiger partial charge in [-0.05, 0) is 35.7 Å². The molecule has 72 valence electrons. The molecule has 0 aromatic heterocycles. The van der Waals surface area contributed by atoms with Crippen LogP contribution < -0.4 is 0 Å². The van der Waals surface area contributed by atoms with Crippen LogP contribution >= 0.6 is 0 Å². The highest BCUT2D eigenvalue weighted by molar-refractivity contribution is 5.88. The summed E-state index contributed by atoms with van der Waals surface area (Å²) >= 11 is 0. The summed E-state index contributed by atoms with van der Waals surface area (Å²) in [6, 6.07) is 7.26. The third kappa shape index (κ3) is 1.10. The quantitative estimate of drug-likeness (QED) is 0.596. The van der Waals surface area contributed by atoms with Crippen molar-refractivity contribution in [3.05, 3.63) is 47.0 Å². The number of halogens is 2. The number of rotatable bonds is 0. The zero-order valence-electron chi connectivity index (χ0n) is 8.07. The van der Waals surface area contributed by atoms with Gasteiger partial charge in [-0.2, -0.15) is 0 Å². The van der Waals surface area contributed by atoms with Gasteiger partial charge >= 0.3 is 0 Å². The maximum absolute atomic E-state index is 13.3. The summed E-state index contributed by atoms with van der Waals surface area (Å²) in [4.78, 5) is 0. The van der Waals surface area contributed by atoms with Gasteiger partial charge in [-0.3, -0.25) is 0 Å². The van der Waals surface area contributed by atoms with Gasteiger partial charge in [0.25, 0.3) is 0 Å². The Morgan fingerprint density at radius 1 is 0.786 bits per heavy atom. The van der Waals surface area contributed by atoms with Crippen LogP contribution in [0, 0.1) is 25.5 Å². The molecule has 2 aromatic rings. The molecule has 0 saturated carbocycles. The first kappa shape index (κ1) is 9.13. The van der Waals surface area contributed by atoms with E-state index >= 15 is 0 Å². The third-order valence-electron chi connectivity index (χ3n) is 2.59. The van der Waals surface area contributed by atoms with Gasteiger partial charge in [0.2, 0.25) is 0 Å². The molecule has 0 spiro atoms. The zero-order valence-corrected chi connectivity index (χ0v) is 8.07. The average Bonchev–Trinajstić information content (AvgIpc) is 2.23. The molecule has 0 unspecified atom stereocenters. The second-order valence-electron chi connectivity index (χ2n) is 3.42. The van der Waals surface area contributed by atoms with Crippen LogP contribution in [0.4, 0.5) is 8.78 Å². The highest BCUT2D eigenvalue weighted by Gasteiger charge is 2.13. The minimum atomic E-state index is -0.735. The summed E-state index contributed by atoms with van der Waals surface area (Å²) in [7, 11) is 0. The molecular formula is C12H10F2. The van der Waals surface area contributed by atoms with E-state index in [4.69, 9.17) is 0 Å². The molecular weight excluding hydrogens is 182 g/mol. The molecule has 0 radical (unpaired) electrons. The average molecular weight is 192 g/mol. The van der Waals surface area contributed by atoms with Crippen molar-refractivity contribution in [2.24, 2.45) is 0 Å². The summed E-state index contributed by atoms with van der Waals surface area (Å²) in [5, 5.41) is 1.56. The van der Waals surface area contributed by atoms with E-state index in [2.05, 4.69) is 0 Å². The zero-order chi connectivity index (χ0) is 10.3. The topological polar surface area (TPSA) is 0 Å². The fourth-order valence-electron chi connectivity index (χ4n) is 1.70. The van der Waals surface area contributed by atoms with Gasteiger partial charge in [0, 0.05) is 0 Å². The molecule has 0 fully saturated rings. The van der Waals surface area contributed by atoms with Crippen molar-refractivity contribution >= 4 is 10.8 Å². The Hall–Kier alpha value is -1.44. The Labute approximate surface area is 81.2 Å². The molecule has 14 heavy (non-hydrogen) atoms. The molecule has 0 amide bonds. The predicted molar refractivity (Wildman–Crippen MR) is 53.3 cm³/mol. The smallest absolute Gasteiger partial charge is 0.162 e. The van der Waals surface area contributed by atoms with Gasteiger partial charge in [-0.25, -0.2) is 8.78 Å². The highest BCUT2D eigenvalue weighted by atomic mass is 19.2. The lowest BCUT2D eigenvalue weighted by molar-refractivity contribution is 0.501. The van der Waals surface area contributed by atoms with Crippen LogP contribution in [0.5, 0.6) is 0 Å². The van der Waals surface area contributed by atoms with E-state index in [1.807, 2.05) is 12.1 Å². The minimum Gasteiger partial charge on any atom is -0.203 e. The van der Waals surface area contributed by atoms with Gasteiger partial charge in [0.1, 0.15) is 0 Å². The number of fused-ring (bicyclic) bond motifs is 1. The number of benzene rings is 2. The molecule has 2 heteroatoms. The second-order valence-corrected chi connectivity index (χ2v) is 3.42. The minimum absolute atomic E-state index is 0.378. The molecule has 2 aromatic carbocycles. The van der Waals surface area contributed by atoms with Crippen LogP contribution in [-0.2, 0) is 0 Å². The lowest BCUT2D eigenvalue weighted by Crippen LogP contribution is -1.95. The molecule has 0 bridgehead atoms. The van der Waals surface area contributed by atoms with E-state index < -0.39 is 11.6 Å². The summed E-state index contributed by atoms with van der Waals surface area (Å²) in [5.74, 6) is -1.47. The van der Waals surface area contributed by atoms with Gasteiger partial charge in [-0.1, -0.05) is 24.3 Å². The van der Waals surface area contributed by atoms with Crippen molar-refractivity contribution in [3.8, 4) is 0 Å². The fourth-order valence-corrected chi connectivity index (χ4v) is 1.70. The third-order valence-corrected chi connectivity index (χ3v) is 2.59. The molecule has 0 nitrogen and oxygen atoms in total. The Morgan fingerprint density at radius 3 is 1.50 bits per heavy atom. The lowest BCUT2D eigenvalue weighted by Gasteiger charge is -2.08. The fraction of sp³-hybridized carbons (Fsp3) is 0.167. The maximum Gasteiger partial charge on any atom is 0.162 e. The van der Waals surface area contributed by atoms with Crippen LogP contribution in [0.25, 0.3) is 10.8 Å². The van der Waals surface area contributed by atoms with Crippen molar-refractivity contribution in [3.63, 3.8) is 0 Å². The van der Waals surface area contributed by atoms with E-state index in [-0.39, 0.29) is 0 Å². The van der Waals surface area contributed by atoms with Crippen molar-refractivity contribution < 1.29 is 8.78 Å². The van der Waals surface area contributed by atoms with Crippen LogP contribution in [0.3, 0.4) is 0 Å². The number of aryl methyl sites for hydroxylation is 2. The van der Waals surface area contributed by atoms with E-state index in [0.717, 1.165) is 10.8 Å². The largest absolute Gasteiger partial charge is 0.203 e.